The fourth-order valence-corrected chi connectivity index (χ4v) is 2.19. The predicted octanol–water partition coefficient (Wildman–Crippen LogP) is 3.15. The van der Waals surface area contributed by atoms with Crippen LogP contribution < -0.4 is 10.2 Å². The second kappa shape index (κ2) is 4.50. The van der Waals surface area contributed by atoms with Crippen molar-refractivity contribution in [3.8, 4) is 11.5 Å². The lowest BCUT2D eigenvalue weighted by molar-refractivity contribution is 0.333. The molecular weight excluding hydrogens is 223 g/mol. The highest BCUT2D eigenvalue weighted by atomic mass is 16.5. The second-order valence-corrected chi connectivity index (χ2v) is 4.73. The zero-order valence-electron chi connectivity index (χ0n) is 10.6. The lowest BCUT2D eigenvalue weighted by Gasteiger charge is -2.08. The molecule has 0 aliphatic carbocycles. The molecule has 0 fully saturated rings. The van der Waals surface area contributed by atoms with Gasteiger partial charge in [-0.05, 0) is 42.2 Å². The molecule has 1 heterocycles. The minimum Gasteiger partial charge on any atom is -0.457 e. The van der Waals surface area contributed by atoms with Crippen LogP contribution in [0.25, 0.3) is 0 Å². The average molecular weight is 238 g/mol. The van der Waals surface area contributed by atoms with Crippen LogP contribution in [0.5, 0.6) is 11.5 Å². The molecule has 0 radical (unpaired) electrons. The molecule has 0 aromatic heterocycles. The van der Waals surface area contributed by atoms with E-state index < -0.39 is 0 Å². The summed E-state index contributed by atoms with van der Waals surface area (Å²) in [5, 5.41) is 0. The van der Waals surface area contributed by atoms with E-state index in [9.17, 15) is 0 Å². The van der Waals surface area contributed by atoms with Crippen LogP contribution in [-0.4, -0.2) is 6.92 Å². The molecule has 0 atom stereocenters. The van der Waals surface area contributed by atoms with Crippen molar-refractivity contribution in [2.75, 3.05) is 0 Å². The van der Waals surface area contributed by atoms with Gasteiger partial charge in [0, 0.05) is 0 Å². The van der Waals surface area contributed by atoms with E-state index in [1.54, 1.807) is 0 Å². The second-order valence-electron chi connectivity index (χ2n) is 4.73. The third-order valence-corrected chi connectivity index (χ3v) is 3.30. The summed E-state index contributed by atoms with van der Waals surface area (Å²) in [7, 11) is 0. The van der Waals surface area contributed by atoms with Gasteiger partial charge in [-0.3, -0.25) is 0 Å². The molecule has 90 valence electrons. The first-order valence-electron chi connectivity index (χ1n) is 6.21. The first-order chi connectivity index (χ1) is 8.72. The highest BCUT2D eigenvalue weighted by Crippen LogP contribution is 2.23. The van der Waals surface area contributed by atoms with E-state index in [2.05, 4.69) is 38.0 Å². The monoisotopic (exact) mass is 238 g/mol. The van der Waals surface area contributed by atoms with Crippen molar-refractivity contribution < 1.29 is 9.39 Å². The van der Waals surface area contributed by atoms with Crippen LogP contribution in [0, 0.1) is 6.92 Å². The van der Waals surface area contributed by atoms with Gasteiger partial charge in [0.1, 0.15) is 11.5 Å². The number of hydrogen-bond acceptors (Lipinski definition) is 2. The molecule has 3 heteroatoms. The van der Waals surface area contributed by atoms with Gasteiger partial charge in [-0.1, -0.05) is 30.6 Å². The smallest absolute Gasteiger partial charge is 0.324 e. The average Bonchev–Trinajstić information content (AvgIpc) is 2.74. The Morgan fingerprint density at radius 1 is 1.06 bits per heavy atom. The van der Waals surface area contributed by atoms with Crippen LogP contribution in [0.15, 0.2) is 42.5 Å². The van der Waals surface area contributed by atoms with Crippen molar-refractivity contribution in [2.24, 2.45) is 0 Å². The van der Waals surface area contributed by atoms with Gasteiger partial charge < -0.3 is 9.39 Å². The maximum absolute atomic E-state index is 5.85. The highest BCUT2D eigenvalue weighted by molar-refractivity contribution is 6.67. The standard InChI is InChI=1S/C15H15BO2/c1-11-3-6-13(7-4-11)18-14-8-5-12-10-17-16(2)15(12)9-14/h3-9H,10H2,1-2H3. The molecule has 0 N–H and O–H groups in total. The Balaban J connectivity index is 1.85. The maximum Gasteiger partial charge on any atom is 0.324 e. The summed E-state index contributed by atoms with van der Waals surface area (Å²) in [6.07, 6.45) is 0. The summed E-state index contributed by atoms with van der Waals surface area (Å²) in [6, 6.07) is 14.2. The van der Waals surface area contributed by atoms with Crippen LogP contribution >= 0.6 is 0 Å². The zero-order valence-corrected chi connectivity index (χ0v) is 10.6. The molecule has 1 aliphatic heterocycles. The van der Waals surface area contributed by atoms with Crippen LogP contribution in [0.4, 0.5) is 0 Å². The third-order valence-electron chi connectivity index (χ3n) is 3.30. The van der Waals surface area contributed by atoms with Crippen molar-refractivity contribution in [1.82, 2.24) is 0 Å². The minimum absolute atomic E-state index is 0.168. The first-order valence-corrected chi connectivity index (χ1v) is 6.21. The summed E-state index contributed by atoms with van der Waals surface area (Å²) >= 11 is 0. The Morgan fingerprint density at radius 3 is 2.56 bits per heavy atom. The summed E-state index contributed by atoms with van der Waals surface area (Å²) < 4.78 is 11.4. The third kappa shape index (κ3) is 2.14. The summed E-state index contributed by atoms with van der Waals surface area (Å²) in [5.41, 5.74) is 3.73. The highest BCUT2D eigenvalue weighted by Gasteiger charge is 2.23. The van der Waals surface area contributed by atoms with Gasteiger partial charge in [-0.15, -0.1) is 0 Å². The lowest BCUT2D eigenvalue weighted by atomic mass is 9.64. The SMILES string of the molecule is CB1OCc2ccc(Oc3ccc(C)cc3)cc21. The van der Waals surface area contributed by atoms with Crippen molar-refractivity contribution in [1.29, 1.82) is 0 Å². The van der Waals surface area contributed by atoms with E-state index in [1.807, 2.05) is 18.2 Å². The summed E-state index contributed by atoms with van der Waals surface area (Å²) in [5.74, 6) is 1.74. The molecule has 3 rings (SSSR count). The van der Waals surface area contributed by atoms with Crippen molar-refractivity contribution in [3.63, 3.8) is 0 Å². The number of hydrogen-bond donors (Lipinski definition) is 0. The number of aryl methyl sites for hydroxylation is 1. The zero-order chi connectivity index (χ0) is 12.5. The largest absolute Gasteiger partial charge is 0.457 e. The minimum atomic E-state index is 0.168. The summed E-state index contributed by atoms with van der Waals surface area (Å²) in [4.78, 5) is 0. The molecule has 0 amide bonds. The van der Waals surface area contributed by atoms with Crippen LogP contribution in [0.2, 0.25) is 6.82 Å². The van der Waals surface area contributed by atoms with Crippen LogP contribution in [0.1, 0.15) is 11.1 Å². The number of ether oxygens (including phenoxy) is 1. The number of rotatable bonds is 2. The number of fused-ring (bicyclic) bond motifs is 1. The summed E-state index contributed by atoms with van der Waals surface area (Å²) in [6.45, 7) is 5.02. The molecule has 2 aromatic rings. The first kappa shape index (κ1) is 11.4. The van der Waals surface area contributed by atoms with Crippen LogP contribution in [0.3, 0.4) is 0 Å². The van der Waals surface area contributed by atoms with E-state index in [-0.39, 0.29) is 6.92 Å². The normalized spacial score (nSPS) is 13.6. The Hall–Kier alpha value is -1.74. The van der Waals surface area contributed by atoms with Crippen molar-refractivity contribution in [3.05, 3.63) is 53.6 Å². The van der Waals surface area contributed by atoms with E-state index in [4.69, 9.17) is 9.39 Å². The topological polar surface area (TPSA) is 18.5 Å². The Kier molecular flexibility index (Phi) is 2.84. The molecule has 1 aliphatic rings. The van der Waals surface area contributed by atoms with E-state index >= 15 is 0 Å². The molecule has 0 saturated carbocycles. The molecule has 18 heavy (non-hydrogen) atoms. The molecular formula is C15H15BO2. The predicted molar refractivity (Wildman–Crippen MR) is 73.7 cm³/mol. The molecule has 0 bridgehead atoms. The van der Waals surface area contributed by atoms with Crippen molar-refractivity contribution in [2.45, 2.75) is 20.4 Å². The molecule has 2 nitrogen and oxygen atoms in total. The fourth-order valence-electron chi connectivity index (χ4n) is 2.19. The van der Waals surface area contributed by atoms with Gasteiger partial charge in [0.2, 0.25) is 0 Å². The van der Waals surface area contributed by atoms with Gasteiger partial charge in [0.25, 0.3) is 0 Å². The quantitative estimate of drug-likeness (QED) is 0.748. The Morgan fingerprint density at radius 2 is 1.78 bits per heavy atom. The number of benzene rings is 2. The van der Waals surface area contributed by atoms with Gasteiger partial charge >= 0.3 is 6.92 Å². The van der Waals surface area contributed by atoms with Gasteiger partial charge in [-0.25, -0.2) is 0 Å². The Bertz CT molecular complexity index is 563. The van der Waals surface area contributed by atoms with Crippen molar-refractivity contribution >= 4 is 12.4 Å². The van der Waals surface area contributed by atoms with E-state index in [1.165, 1.54) is 16.6 Å². The molecule has 0 spiro atoms. The maximum atomic E-state index is 5.85. The fraction of sp³-hybridized carbons (Fsp3) is 0.200. The Labute approximate surface area is 108 Å². The lowest BCUT2D eigenvalue weighted by Crippen LogP contribution is -2.24. The van der Waals surface area contributed by atoms with Gasteiger partial charge in [0.05, 0.1) is 6.61 Å². The van der Waals surface area contributed by atoms with Crippen LogP contribution in [-0.2, 0) is 11.3 Å². The van der Waals surface area contributed by atoms with Gasteiger partial charge in [0.15, 0.2) is 0 Å². The van der Waals surface area contributed by atoms with E-state index in [0.29, 0.717) is 6.61 Å². The molecule has 0 unspecified atom stereocenters. The molecule has 2 aromatic carbocycles. The van der Waals surface area contributed by atoms with Gasteiger partial charge in [-0.2, -0.15) is 0 Å². The molecule has 0 saturated heterocycles. The van der Waals surface area contributed by atoms with E-state index in [0.717, 1.165) is 11.5 Å².